The van der Waals surface area contributed by atoms with Crippen molar-refractivity contribution in [2.45, 2.75) is 6.92 Å². The fourth-order valence-electron chi connectivity index (χ4n) is 0.968. The standard InChI is InChI=1S/C9H14N2O/c1-7-2-3-9(8(11)6-7)12-5-4-10/h2-3,6H,4-5,10-11H2,1H3. The first-order valence-corrected chi connectivity index (χ1v) is 3.93. The lowest BCUT2D eigenvalue weighted by atomic mass is 10.2. The molecule has 1 aromatic carbocycles. The maximum absolute atomic E-state index is 5.70. The predicted molar refractivity (Wildman–Crippen MR) is 50.1 cm³/mol. The van der Waals surface area contributed by atoms with Crippen molar-refractivity contribution < 1.29 is 4.74 Å². The molecule has 0 aliphatic heterocycles. The van der Waals surface area contributed by atoms with Crippen molar-refractivity contribution in [3.63, 3.8) is 0 Å². The molecule has 0 aliphatic rings. The maximum Gasteiger partial charge on any atom is 0.142 e. The minimum Gasteiger partial charge on any atom is -0.490 e. The van der Waals surface area contributed by atoms with Crippen LogP contribution in [0.5, 0.6) is 5.75 Å². The van der Waals surface area contributed by atoms with E-state index in [1.807, 2.05) is 25.1 Å². The van der Waals surface area contributed by atoms with Crippen LogP contribution in [-0.4, -0.2) is 13.2 Å². The average Bonchev–Trinajstić information content (AvgIpc) is 2.03. The molecule has 4 N–H and O–H groups in total. The maximum atomic E-state index is 5.70. The van der Waals surface area contributed by atoms with Crippen LogP contribution in [0.1, 0.15) is 5.56 Å². The Balaban J connectivity index is 2.72. The van der Waals surface area contributed by atoms with Gasteiger partial charge in [-0.25, -0.2) is 0 Å². The van der Waals surface area contributed by atoms with E-state index < -0.39 is 0 Å². The highest BCUT2D eigenvalue weighted by molar-refractivity contribution is 5.53. The molecule has 0 aliphatic carbocycles. The van der Waals surface area contributed by atoms with Crippen LogP contribution in [0.4, 0.5) is 5.69 Å². The summed E-state index contributed by atoms with van der Waals surface area (Å²) >= 11 is 0. The van der Waals surface area contributed by atoms with Crippen LogP contribution in [0.25, 0.3) is 0 Å². The normalized spacial score (nSPS) is 9.83. The van der Waals surface area contributed by atoms with Crippen molar-refractivity contribution in [2.24, 2.45) is 5.73 Å². The number of ether oxygens (including phenoxy) is 1. The highest BCUT2D eigenvalue weighted by atomic mass is 16.5. The van der Waals surface area contributed by atoms with Crippen LogP contribution in [0.2, 0.25) is 0 Å². The second-order valence-electron chi connectivity index (χ2n) is 2.68. The second kappa shape index (κ2) is 3.97. The molecule has 0 aromatic heterocycles. The molecular weight excluding hydrogens is 152 g/mol. The first-order valence-electron chi connectivity index (χ1n) is 3.93. The molecule has 0 amide bonds. The Morgan fingerprint density at radius 1 is 1.42 bits per heavy atom. The predicted octanol–water partition coefficient (Wildman–Crippen LogP) is 0.915. The quantitative estimate of drug-likeness (QED) is 0.656. The fraction of sp³-hybridized carbons (Fsp3) is 0.333. The summed E-state index contributed by atoms with van der Waals surface area (Å²) in [5.41, 5.74) is 12.8. The van der Waals surface area contributed by atoms with Gasteiger partial charge in [-0.1, -0.05) is 6.07 Å². The molecule has 0 fully saturated rings. The number of rotatable bonds is 3. The molecule has 1 aromatic rings. The lowest BCUT2D eigenvalue weighted by Gasteiger charge is -2.07. The molecule has 0 spiro atoms. The summed E-state index contributed by atoms with van der Waals surface area (Å²) in [6.07, 6.45) is 0. The Morgan fingerprint density at radius 3 is 2.75 bits per heavy atom. The Labute approximate surface area is 72.3 Å². The van der Waals surface area contributed by atoms with E-state index in [9.17, 15) is 0 Å². The van der Waals surface area contributed by atoms with Crippen LogP contribution >= 0.6 is 0 Å². The molecule has 0 saturated carbocycles. The van der Waals surface area contributed by atoms with E-state index >= 15 is 0 Å². The van der Waals surface area contributed by atoms with Gasteiger partial charge in [0.1, 0.15) is 12.4 Å². The third-order valence-electron chi connectivity index (χ3n) is 1.54. The van der Waals surface area contributed by atoms with Gasteiger partial charge in [0.25, 0.3) is 0 Å². The van der Waals surface area contributed by atoms with Gasteiger partial charge in [-0.15, -0.1) is 0 Å². The number of aryl methyl sites for hydroxylation is 1. The van der Waals surface area contributed by atoms with Gasteiger partial charge in [0.15, 0.2) is 0 Å². The summed E-state index contributed by atoms with van der Waals surface area (Å²) in [4.78, 5) is 0. The van der Waals surface area contributed by atoms with Gasteiger partial charge >= 0.3 is 0 Å². The molecule has 0 unspecified atom stereocenters. The third-order valence-corrected chi connectivity index (χ3v) is 1.54. The first-order chi connectivity index (χ1) is 5.74. The molecular formula is C9H14N2O. The minimum atomic E-state index is 0.507. The van der Waals surface area contributed by atoms with Gasteiger partial charge in [0.2, 0.25) is 0 Å². The smallest absolute Gasteiger partial charge is 0.142 e. The van der Waals surface area contributed by atoms with Gasteiger partial charge in [-0.05, 0) is 24.6 Å². The molecule has 1 rings (SSSR count). The number of benzene rings is 1. The summed E-state index contributed by atoms with van der Waals surface area (Å²) in [5.74, 6) is 0.714. The number of hydrogen-bond donors (Lipinski definition) is 2. The van der Waals surface area contributed by atoms with E-state index in [0.717, 1.165) is 5.56 Å². The molecule has 0 saturated heterocycles. The number of nitrogen functional groups attached to an aromatic ring is 1. The van der Waals surface area contributed by atoms with Crippen LogP contribution in [0.3, 0.4) is 0 Å². The van der Waals surface area contributed by atoms with Crippen LogP contribution in [0.15, 0.2) is 18.2 Å². The third kappa shape index (κ3) is 2.13. The first kappa shape index (κ1) is 8.87. The fourth-order valence-corrected chi connectivity index (χ4v) is 0.968. The van der Waals surface area contributed by atoms with Crippen LogP contribution < -0.4 is 16.2 Å². The van der Waals surface area contributed by atoms with Crippen molar-refractivity contribution in [2.75, 3.05) is 18.9 Å². The van der Waals surface area contributed by atoms with Crippen molar-refractivity contribution in [1.29, 1.82) is 0 Å². The number of anilines is 1. The van der Waals surface area contributed by atoms with Gasteiger partial charge < -0.3 is 16.2 Å². The minimum absolute atomic E-state index is 0.507. The highest BCUT2D eigenvalue weighted by Gasteiger charge is 1.98. The average molecular weight is 166 g/mol. The lowest BCUT2D eigenvalue weighted by Crippen LogP contribution is -2.11. The SMILES string of the molecule is Cc1ccc(OCCN)c(N)c1. The molecule has 0 radical (unpaired) electrons. The zero-order valence-corrected chi connectivity index (χ0v) is 7.21. The van der Waals surface area contributed by atoms with Crippen LogP contribution in [-0.2, 0) is 0 Å². The summed E-state index contributed by atoms with van der Waals surface area (Å²) in [7, 11) is 0. The topological polar surface area (TPSA) is 61.3 Å². The molecule has 3 heteroatoms. The summed E-state index contributed by atoms with van der Waals surface area (Å²) in [5, 5.41) is 0. The largest absolute Gasteiger partial charge is 0.490 e. The van der Waals surface area contributed by atoms with E-state index in [4.69, 9.17) is 16.2 Å². The Kier molecular flexibility index (Phi) is 2.94. The molecule has 3 nitrogen and oxygen atoms in total. The Morgan fingerprint density at radius 2 is 2.17 bits per heavy atom. The van der Waals surface area contributed by atoms with Crippen molar-refractivity contribution >= 4 is 5.69 Å². The number of hydrogen-bond acceptors (Lipinski definition) is 3. The number of nitrogens with two attached hydrogens (primary N) is 2. The van der Waals surface area contributed by atoms with E-state index in [-0.39, 0.29) is 0 Å². The molecule has 12 heavy (non-hydrogen) atoms. The molecule has 0 heterocycles. The molecule has 66 valence electrons. The van der Waals surface area contributed by atoms with E-state index in [0.29, 0.717) is 24.6 Å². The van der Waals surface area contributed by atoms with Crippen molar-refractivity contribution in [3.05, 3.63) is 23.8 Å². The van der Waals surface area contributed by atoms with Gasteiger partial charge in [-0.2, -0.15) is 0 Å². The summed E-state index contributed by atoms with van der Waals surface area (Å²) < 4.78 is 5.29. The summed E-state index contributed by atoms with van der Waals surface area (Å²) in [6.45, 7) is 3.00. The zero-order valence-electron chi connectivity index (χ0n) is 7.21. The van der Waals surface area contributed by atoms with Crippen LogP contribution in [0, 0.1) is 6.92 Å². The Bertz CT molecular complexity index is 261. The van der Waals surface area contributed by atoms with Crippen molar-refractivity contribution in [3.8, 4) is 5.75 Å². The Hall–Kier alpha value is -1.22. The zero-order chi connectivity index (χ0) is 8.97. The van der Waals surface area contributed by atoms with Crippen molar-refractivity contribution in [1.82, 2.24) is 0 Å². The monoisotopic (exact) mass is 166 g/mol. The molecule has 0 bridgehead atoms. The lowest BCUT2D eigenvalue weighted by molar-refractivity contribution is 0.330. The van der Waals surface area contributed by atoms with Gasteiger partial charge in [-0.3, -0.25) is 0 Å². The molecule has 0 atom stereocenters. The van der Waals surface area contributed by atoms with Gasteiger partial charge in [0, 0.05) is 6.54 Å². The second-order valence-corrected chi connectivity index (χ2v) is 2.68. The van der Waals surface area contributed by atoms with E-state index in [1.165, 1.54) is 0 Å². The van der Waals surface area contributed by atoms with E-state index in [2.05, 4.69) is 0 Å². The summed E-state index contributed by atoms with van der Waals surface area (Å²) in [6, 6.07) is 5.70. The van der Waals surface area contributed by atoms with E-state index in [1.54, 1.807) is 0 Å². The van der Waals surface area contributed by atoms with Gasteiger partial charge in [0.05, 0.1) is 5.69 Å². The highest BCUT2D eigenvalue weighted by Crippen LogP contribution is 2.21.